The molecule has 0 aliphatic heterocycles. The number of nitrogens with one attached hydrogen (secondary N) is 1. The Balaban J connectivity index is 2.14. The molecule has 1 heterocycles. The fourth-order valence-corrected chi connectivity index (χ4v) is 3.22. The van der Waals surface area contributed by atoms with Crippen molar-refractivity contribution in [3.8, 4) is 0 Å². The Hall–Kier alpha value is -0.280. The van der Waals surface area contributed by atoms with Gasteiger partial charge in [0.25, 0.3) is 0 Å². The van der Waals surface area contributed by atoms with E-state index in [0.717, 1.165) is 28.6 Å². The van der Waals surface area contributed by atoms with Crippen molar-refractivity contribution in [3.63, 3.8) is 0 Å². The van der Waals surface area contributed by atoms with Crippen molar-refractivity contribution in [2.45, 2.75) is 39.2 Å². The van der Waals surface area contributed by atoms with Crippen LogP contribution in [0.15, 0.2) is 21.2 Å². The minimum absolute atomic E-state index is 0.374. The predicted octanol–water partition coefficient (Wildman–Crippen LogP) is 4.13. The molecule has 2 nitrogen and oxygen atoms in total. The molecule has 2 rings (SSSR count). The van der Waals surface area contributed by atoms with Crippen LogP contribution in [0, 0.1) is 11.8 Å². The van der Waals surface area contributed by atoms with Crippen LogP contribution >= 0.6 is 15.9 Å². The molecule has 1 saturated carbocycles. The topological polar surface area (TPSA) is 25.2 Å². The molecule has 0 amide bonds. The highest BCUT2D eigenvalue weighted by Gasteiger charge is 2.31. The summed E-state index contributed by atoms with van der Waals surface area (Å²) in [4.78, 5) is 0. The Morgan fingerprint density at radius 2 is 2.38 bits per heavy atom. The second-order valence-electron chi connectivity index (χ2n) is 4.85. The Kier molecular flexibility index (Phi) is 4.09. The van der Waals surface area contributed by atoms with Gasteiger partial charge in [0.2, 0.25) is 0 Å². The van der Waals surface area contributed by atoms with E-state index >= 15 is 0 Å². The van der Waals surface area contributed by atoms with Crippen molar-refractivity contribution in [1.29, 1.82) is 0 Å². The van der Waals surface area contributed by atoms with Crippen LogP contribution in [-0.4, -0.2) is 6.54 Å². The maximum atomic E-state index is 5.62. The van der Waals surface area contributed by atoms with Gasteiger partial charge in [0, 0.05) is 0 Å². The van der Waals surface area contributed by atoms with Gasteiger partial charge in [0.15, 0.2) is 0 Å². The minimum atomic E-state index is 0.374. The number of furan rings is 1. The molecule has 1 fully saturated rings. The van der Waals surface area contributed by atoms with Crippen molar-refractivity contribution in [2.75, 3.05) is 6.54 Å². The van der Waals surface area contributed by atoms with Crippen LogP contribution < -0.4 is 5.32 Å². The highest BCUT2D eigenvalue weighted by molar-refractivity contribution is 9.10. The SMILES string of the molecule is CCNC(c1occc1Br)C1CCC(C)C1. The van der Waals surface area contributed by atoms with Gasteiger partial charge in [0.05, 0.1) is 16.8 Å². The zero-order chi connectivity index (χ0) is 11.5. The molecular formula is C13H20BrNO. The third-order valence-corrected chi connectivity index (χ3v) is 4.21. The van der Waals surface area contributed by atoms with E-state index in [2.05, 4.69) is 35.1 Å². The second-order valence-corrected chi connectivity index (χ2v) is 5.70. The van der Waals surface area contributed by atoms with E-state index < -0.39 is 0 Å². The smallest absolute Gasteiger partial charge is 0.135 e. The van der Waals surface area contributed by atoms with Crippen molar-refractivity contribution in [3.05, 3.63) is 22.6 Å². The molecule has 0 saturated heterocycles. The lowest BCUT2D eigenvalue weighted by atomic mass is 9.95. The number of rotatable bonds is 4. The molecule has 1 aromatic heterocycles. The lowest BCUT2D eigenvalue weighted by Gasteiger charge is -2.23. The average molecular weight is 286 g/mol. The van der Waals surface area contributed by atoms with Gasteiger partial charge in [-0.3, -0.25) is 0 Å². The molecule has 1 aromatic rings. The van der Waals surface area contributed by atoms with E-state index in [9.17, 15) is 0 Å². The molecule has 3 heteroatoms. The number of hydrogen-bond donors (Lipinski definition) is 1. The molecule has 0 radical (unpaired) electrons. The summed E-state index contributed by atoms with van der Waals surface area (Å²) in [6, 6.07) is 2.36. The molecule has 0 aromatic carbocycles. The normalized spacial score (nSPS) is 27.2. The molecule has 3 unspecified atom stereocenters. The summed E-state index contributed by atoms with van der Waals surface area (Å²) in [6.45, 7) is 5.49. The van der Waals surface area contributed by atoms with Gasteiger partial charge in [-0.1, -0.05) is 20.3 Å². The molecule has 0 bridgehead atoms. The van der Waals surface area contributed by atoms with Crippen LogP contribution in [0.25, 0.3) is 0 Å². The van der Waals surface area contributed by atoms with Crippen molar-refractivity contribution in [2.24, 2.45) is 11.8 Å². The van der Waals surface area contributed by atoms with E-state index in [4.69, 9.17) is 4.42 Å². The summed E-state index contributed by atoms with van der Waals surface area (Å²) in [6.07, 6.45) is 5.74. The molecule has 1 aliphatic carbocycles. The summed E-state index contributed by atoms with van der Waals surface area (Å²) >= 11 is 3.57. The summed E-state index contributed by atoms with van der Waals surface area (Å²) in [5.74, 6) is 2.65. The fraction of sp³-hybridized carbons (Fsp3) is 0.692. The maximum Gasteiger partial charge on any atom is 0.135 e. The van der Waals surface area contributed by atoms with Crippen LogP contribution in [0.1, 0.15) is 44.9 Å². The monoisotopic (exact) mass is 285 g/mol. The van der Waals surface area contributed by atoms with Gasteiger partial charge in [0.1, 0.15) is 5.76 Å². The Bertz CT molecular complexity index is 336. The quantitative estimate of drug-likeness (QED) is 0.900. The van der Waals surface area contributed by atoms with Gasteiger partial charge < -0.3 is 9.73 Å². The highest BCUT2D eigenvalue weighted by atomic mass is 79.9. The Morgan fingerprint density at radius 3 is 2.88 bits per heavy atom. The summed E-state index contributed by atoms with van der Waals surface area (Å²) in [5, 5.41) is 3.56. The Labute approximate surface area is 106 Å². The third-order valence-electron chi connectivity index (χ3n) is 3.56. The average Bonchev–Trinajstić information content (AvgIpc) is 2.84. The second kappa shape index (κ2) is 5.37. The van der Waals surface area contributed by atoms with E-state index in [1.165, 1.54) is 19.3 Å². The maximum absolute atomic E-state index is 5.62. The van der Waals surface area contributed by atoms with Crippen LogP contribution in [0.5, 0.6) is 0 Å². The number of hydrogen-bond acceptors (Lipinski definition) is 2. The van der Waals surface area contributed by atoms with Crippen LogP contribution in [0.3, 0.4) is 0 Å². The van der Waals surface area contributed by atoms with E-state index in [1.54, 1.807) is 6.26 Å². The molecule has 90 valence electrons. The molecule has 1 aliphatic rings. The lowest BCUT2D eigenvalue weighted by Crippen LogP contribution is -2.27. The first-order chi connectivity index (χ1) is 7.72. The zero-order valence-corrected chi connectivity index (χ0v) is 11.6. The minimum Gasteiger partial charge on any atom is -0.466 e. The van der Waals surface area contributed by atoms with E-state index in [0.29, 0.717) is 6.04 Å². The van der Waals surface area contributed by atoms with Crippen LogP contribution in [0.2, 0.25) is 0 Å². The number of halogens is 1. The summed E-state index contributed by atoms with van der Waals surface area (Å²) in [5.41, 5.74) is 0. The fourth-order valence-electron chi connectivity index (χ4n) is 2.77. The van der Waals surface area contributed by atoms with Crippen LogP contribution in [-0.2, 0) is 0 Å². The van der Waals surface area contributed by atoms with Gasteiger partial charge in [-0.2, -0.15) is 0 Å². The standard InChI is InChI=1S/C13H20BrNO/c1-3-15-12(10-5-4-9(2)8-10)13-11(14)6-7-16-13/h6-7,9-10,12,15H,3-5,8H2,1-2H3. The highest BCUT2D eigenvalue weighted by Crippen LogP contribution is 2.40. The third kappa shape index (κ3) is 2.51. The molecule has 0 spiro atoms. The summed E-state index contributed by atoms with van der Waals surface area (Å²) in [7, 11) is 0. The van der Waals surface area contributed by atoms with Gasteiger partial charge >= 0.3 is 0 Å². The van der Waals surface area contributed by atoms with E-state index in [1.807, 2.05) is 6.07 Å². The van der Waals surface area contributed by atoms with Crippen molar-refractivity contribution in [1.82, 2.24) is 5.32 Å². The first-order valence-electron chi connectivity index (χ1n) is 6.18. The lowest BCUT2D eigenvalue weighted by molar-refractivity contribution is 0.310. The van der Waals surface area contributed by atoms with E-state index in [-0.39, 0.29) is 0 Å². The molecule has 16 heavy (non-hydrogen) atoms. The summed E-state index contributed by atoms with van der Waals surface area (Å²) < 4.78 is 6.71. The molecule has 1 N–H and O–H groups in total. The van der Waals surface area contributed by atoms with Crippen LogP contribution in [0.4, 0.5) is 0 Å². The molecular weight excluding hydrogens is 266 g/mol. The predicted molar refractivity (Wildman–Crippen MR) is 69.3 cm³/mol. The first-order valence-corrected chi connectivity index (χ1v) is 6.98. The first kappa shape index (κ1) is 12.2. The largest absolute Gasteiger partial charge is 0.466 e. The van der Waals surface area contributed by atoms with Gasteiger partial charge in [-0.05, 0) is 53.2 Å². The zero-order valence-electron chi connectivity index (χ0n) is 10.0. The van der Waals surface area contributed by atoms with Crippen molar-refractivity contribution >= 4 is 15.9 Å². The Morgan fingerprint density at radius 1 is 1.56 bits per heavy atom. The van der Waals surface area contributed by atoms with Crippen molar-refractivity contribution < 1.29 is 4.42 Å². The molecule has 3 atom stereocenters. The van der Waals surface area contributed by atoms with Gasteiger partial charge in [-0.15, -0.1) is 0 Å². The van der Waals surface area contributed by atoms with Gasteiger partial charge in [-0.25, -0.2) is 0 Å².